The van der Waals surface area contributed by atoms with Crippen LogP contribution in [-0.2, 0) is 38.4 Å². The molecule has 0 saturated carbocycles. The van der Waals surface area contributed by atoms with E-state index >= 15 is 0 Å². The quantitative estimate of drug-likeness (QED) is 0.0808. The molecule has 7 aromatic rings. The van der Waals surface area contributed by atoms with E-state index in [4.69, 9.17) is 38.9 Å². The van der Waals surface area contributed by atoms with Gasteiger partial charge in [0.05, 0.1) is 73.5 Å². The normalized spacial score (nSPS) is 11.4. The predicted octanol–water partition coefficient (Wildman–Crippen LogP) is 9.73. The van der Waals surface area contributed by atoms with Crippen LogP contribution in [0.1, 0.15) is 64.2 Å². The number of ether oxygens (including phenoxy) is 4. The van der Waals surface area contributed by atoms with Crippen LogP contribution in [0.3, 0.4) is 0 Å². The fraction of sp³-hybridized carbons (Fsp3) is 0.0769. The smallest absolute Gasteiger partial charge is 0.657 e. The van der Waals surface area contributed by atoms with Crippen LogP contribution in [0.4, 0.5) is 0 Å². The molecule has 8 bridgehead atoms. The zero-order valence-electron chi connectivity index (χ0n) is 35.6. The molecule has 65 heavy (non-hydrogen) atoms. The van der Waals surface area contributed by atoms with Crippen molar-refractivity contribution in [3.8, 4) is 44.5 Å². The van der Waals surface area contributed by atoms with Gasteiger partial charge in [0.15, 0.2) is 0 Å². The van der Waals surface area contributed by atoms with Gasteiger partial charge in [-0.3, -0.25) is 0 Å². The van der Waals surface area contributed by atoms with Gasteiger partial charge in [0.25, 0.3) is 0 Å². The molecular formula is C52H36N4O8Zn. The first-order valence-corrected chi connectivity index (χ1v) is 20.0. The number of fused-ring (bicyclic) bond motifs is 8. The number of esters is 4. The first-order valence-electron chi connectivity index (χ1n) is 20.0. The van der Waals surface area contributed by atoms with Gasteiger partial charge in [-0.2, -0.15) is 0 Å². The van der Waals surface area contributed by atoms with Gasteiger partial charge in [0.1, 0.15) is 0 Å². The van der Waals surface area contributed by atoms with E-state index in [0.717, 1.165) is 22.3 Å². The van der Waals surface area contributed by atoms with Crippen LogP contribution in [0.5, 0.6) is 0 Å². The van der Waals surface area contributed by atoms with Gasteiger partial charge in [0, 0.05) is 0 Å². The molecule has 0 saturated heterocycles. The first kappa shape index (κ1) is 43.6. The van der Waals surface area contributed by atoms with E-state index in [2.05, 4.69) is 0 Å². The van der Waals surface area contributed by atoms with Crippen LogP contribution in [0.25, 0.3) is 90.9 Å². The molecule has 0 unspecified atom stereocenters. The van der Waals surface area contributed by atoms with Gasteiger partial charge in [-0.05, 0) is 117 Å². The first-order chi connectivity index (χ1) is 31.2. The Morgan fingerprint density at radius 3 is 0.723 bits per heavy atom. The van der Waals surface area contributed by atoms with Gasteiger partial charge >= 0.3 is 43.4 Å². The van der Waals surface area contributed by atoms with E-state index in [1.807, 2.05) is 97.1 Å². The Bertz CT molecular complexity index is 2830. The SMILES string of the molecule is COC(=O)c1ccc(-c2c3nc(c(-c4ccc(C(=O)OC)cc4)c4ccc([n-]4)c(-c4ccc(C(=O)OC)cc4)c4nc(c(-c5ccc(C(=O)OC)cc5)c5ccc2[n-]5)C=C4)C=C3)cc1.[Zn+2]. The van der Waals surface area contributed by atoms with E-state index in [0.29, 0.717) is 89.4 Å². The number of carbonyl (C=O) groups is 4. The van der Waals surface area contributed by atoms with E-state index in [1.165, 1.54) is 28.4 Å². The minimum Gasteiger partial charge on any atom is -0.657 e. The van der Waals surface area contributed by atoms with E-state index < -0.39 is 23.9 Å². The zero-order chi connectivity index (χ0) is 44.5. The van der Waals surface area contributed by atoms with Crippen molar-refractivity contribution in [3.05, 3.63) is 166 Å². The molecule has 0 aliphatic carbocycles. The Morgan fingerprint density at radius 1 is 0.338 bits per heavy atom. The number of hydrogen-bond donors (Lipinski definition) is 0. The number of nitrogens with zero attached hydrogens (tertiary/aromatic N) is 4. The second-order valence-corrected chi connectivity index (χ2v) is 14.6. The number of aromatic nitrogens is 4. The summed E-state index contributed by atoms with van der Waals surface area (Å²) in [6, 6.07) is 35.9. The Labute approximate surface area is 385 Å². The summed E-state index contributed by atoms with van der Waals surface area (Å²) >= 11 is 0. The average Bonchev–Trinajstić information content (AvgIpc) is 4.20. The van der Waals surface area contributed by atoms with Gasteiger partial charge in [-0.15, -0.1) is 22.1 Å². The molecule has 13 heteroatoms. The van der Waals surface area contributed by atoms with Crippen molar-refractivity contribution in [2.75, 3.05) is 28.4 Å². The molecular weight excluding hydrogens is 874 g/mol. The molecule has 5 heterocycles. The summed E-state index contributed by atoms with van der Waals surface area (Å²) in [7, 11) is 5.35. The third kappa shape index (κ3) is 8.33. The fourth-order valence-corrected chi connectivity index (χ4v) is 7.83. The molecule has 9 rings (SSSR count). The second-order valence-electron chi connectivity index (χ2n) is 14.6. The fourth-order valence-electron chi connectivity index (χ4n) is 7.83. The molecule has 0 fully saturated rings. The maximum Gasteiger partial charge on any atom is 2.00 e. The third-order valence-corrected chi connectivity index (χ3v) is 11.0. The summed E-state index contributed by atoms with van der Waals surface area (Å²) in [4.78, 5) is 70.9. The number of hydrogen-bond acceptors (Lipinski definition) is 10. The van der Waals surface area contributed by atoms with Crippen molar-refractivity contribution in [2.45, 2.75) is 0 Å². The van der Waals surface area contributed by atoms with Crippen LogP contribution in [0.15, 0.2) is 121 Å². The monoisotopic (exact) mass is 908 g/mol. The van der Waals surface area contributed by atoms with Crippen LogP contribution in [0.2, 0.25) is 0 Å². The standard InChI is InChI=1S/C52H37N4O8.Zn/c1-61-49(57)33-13-5-29(6-14-33)45-37-21-23-39(53-37)46(30-7-15-34(16-8-30)50(58)62-2)41-25-27-43(55-41)48(32-11-19-36(20-12-32)52(60)64-4)44-28-26-42(56-44)47(40-24-22-38(45)54-40)31-9-17-35(18-10-31)51(59)63-3;/h5-28H,1-4H3,(H-,53,54,55,56,57,58,59,60);/q-1;+2/p-1. The molecule has 0 N–H and O–H groups in total. The van der Waals surface area contributed by atoms with Gasteiger partial charge in [0.2, 0.25) is 0 Å². The molecule has 314 valence electrons. The van der Waals surface area contributed by atoms with Crippen LogP contribution in [0, 0.1) is 0 Å². The van der Waals surface area contributed by atoms with Crippen molar-refractivity contribution >= 4 is 70.2 Å². The number of benzene rings is 4. The molecule has 0 spiro atoms. The Morgan fingerprint density at radius 2 is 0.538 bits per heavy atom. The van der Waals surface area contributed by atoms with E-state index in [-0.39, 0.29) is 19.5 Å². The van der Waals surface area contributed by atoms with Gasteiger partial charge in [-0.1, -0.05) is 72.8 Å². The Balaban J connectivity index is 0.00000576. The van der Waals surface area contributed by atoms with E-state index in [1.54, 1.807) is 48.5 Å². The molecule has 12 nitrogen and oxygen atoms in total. The molecule has 0 radical (unpaired) electrons. The summed E-state index contributed by atoms with van der Waals surface area (Å²) in [6.45, 7) is 0. The van der Waals surface area contributed by atoms with Crippen molar-refractivity contribution in [1.82, 2.24) is 19.9 Å². The van der Waals surface area contributed by atoms with Crippen LogP contribution < -0.4 is 9.97 Å². The maximum atomic E-state index is 12.5. The van der Waals surface area contributed by atoms with Crippen molar-refractivity contribution < 1.29 is 57.6 Å². The minimum absolute atomic E-state index is 0. The van der Waals surface area contributed by atoms with Crippen molar-refractivity contribution in [3.63, 3.8) is 0 Å². The maximum absolute atomic E-state index is 12.5. The van der Waals surface area contributed by atoms with Crippen LogP contribution >= 0.6 is 0 Å². The molecule has 3 aromatic heterocycles. The van der Waals surface area contributed by atoms with Crippen molar-refractivity contribution in [2.24, 2.45) is 0 Å². The summed E-state index contributed by atoms with van der Waals surface area (Å²) in [5, 5.41) is 0. The summed E-state index contributed by atoms with van der Waals surface area (Å²) in [5.74, 6) is -1.86. The molecule has 0 atom stereocenters. The number of carbonyl (C=O) groups excluding carboxylic acids is 4. The van der Waals surface area contributed by atoms with Gasteiger partial charge < -0.3 is 28.9 Å². The Hall–Kier alpha value is -8.02. The number of methoxy groups -OCH3 is 4. The summed E-state index contributed by atoms with van der Waals surface area (Å²) in [5.41, 5.74) is 12.1. The summed E-state index contributed by atoms with van der Waals surface area (Å²) < 4.78 is 19.9. The predicted molar refractivity (Wildman–Crippen MR) is 244 cm³/mol. The zero-order valence-corrected chi connectivity index (χ0v) is 38.6. The second kappa shape index (κ2) is 18.4. The molecule has 2 aliphatic rings. The largest absolute Gasteiger partial charge is 2.00 e. The average molecular weight is 910 g/mol. The van der Waals surface area contributed by atoms with Crippen LogP contribution in [-0.4, -0.2) is 62.3 Å². The van der Waals surface area contributed by atoms with E-state index in [9.17, 15) is 19.2 Å². The molecule has 4 aromatic carbocycles. The minimum atomic E-state index is -0.464. The number of rotatable bonds is 8. The molecule has 0 amide bonds. The third-order valence-electron chi connectivity index (χ3n) is 11.0. The topological polar surface area (TPSA) is 159 Å². The summed E-state index contributed by atoms with van der Waals surface area (Å²) in [6.07, 6.45) is 7.66. The van der Waals surface area contributed by atoms with Gasteiger partial charge in [-0.25, -0.2) is 29.1 Å². The van der Waals surface area contributed by atoms with Crippen molar-refractivity contribution in [1.29, 1.82) is 0 Å². The Kier molecular flexibility index (Phi) is 12.3. The molecule has 2 aliphatic heterocycles.